The molecule has 0 aromatic carbocycles. The summed E-state index contributed by atoms with van der Waals surface area (Å²) in [6.07, 6.45) is 47.8. The van der Waals surface area contributed by atoms with Gasteiger partial charge in [-0.05, 0) is 89.9 Å². The molecule has 6 nitrogen and oxygen atoms in total. The van der Waals surface area contributed by atoms with Crippen molar-refractivity contribution in [3.63, 3.8) is 0 Å². The summed E-state index contributed by atoms with van der Waals surface area (Å²) in [6.45, 7) is 6.36. The topological polar surface area (TPSA) is 78.9 Å². The van der Waals surface area contributed by atoms with E-state index in [-0.39, 0.29) is 31.1 Å². The predicted octanol–water partition coefficient (Wildman–Crippen LogP) is 13.4. The lowest BCUT2D eigenvalue weighted by molar-refractivity contribution is -0.167. The maximum absolute atomic E-state index is 12.6. The standard InChI is InChI=1S/C46H78O6/c1-4-7-10-13-16-19-21-22-23-24-25-28-30-33-36-39-45(48)51-42-43(41-50-44(47)38-35-32-29-26-18-15-12-9-6-3)52-46(49)40-37-34-31-27-20-17-14-11-8-5-2/h9,12,14,16-19,21-22,26,43H,4-8,10-11,13,15,20,23-25,27-42H2,1-3H3/b12-9-,17-14-,19-16-,22-21-,26-18-. The molecule has 298 valence electrons. The summed E-state index contributed by atoms with van der Waals surface area (Å²) < 4.78 is 16.6. The number of rotatable bonds is 37. The molecule has 0 aliphatic carbocycles. The van der Waals surface area contributed by atoms with Crippen LogP contribution >= 0.6 is 0 Å². The van der Waals surface area contributed by atoms with E-state index >= 15 is 0 Å². The number of unbranched alkanes of at least 4 members (excludes halogenated alkanes) is 17. The summed E-state index contributed by atoms with van der Waals surface area (Å²) in [5.41, 5.74) is 0. The molecule has 0 rings (SSSR count). The number of allylic oxidation sites excluding steroid dienone is 10. The van der Waals surface area contributed by atoms with Gasteiger partial charge in [-0.3, -0.25) is 14.4 Å². The van der Waals surface area contributed by atoms with Crippen LogP contribution in [-0.4, -0.2) is 37.2 Å². The maximum atomic E-state index is 12.6. The van der Waals surface area contributed by atoms with Crippen LogP contribution in [-0.2, 0) is 28.6 Å². The molecule has 0 amide bonds. The van der Waals surface area contributed by atoms with Gasteiger partial charge in [0, 0.05) is 19.3 Å². The second-order valence-electron chi connectivity index (χ2n) is 13.9. The van der Waals surface area contributed by atoms with Crippen molar-refractivity contribution in [2.24, 2.45) is 0 Å². The Morgan fingerprint density at radius 1 is 0.423 bits per heavy atom. The van der Waals surface area contributed by atoms with Gasteiger partial charge in [0.05, 0.1) is 0 Å². The van der Waals surface area contributed by atoms with Crippen LogP contribution in [0.15, 0.2) is 60.8 Å². The highest BCUT2D eigenvalue weighted by atomic mass is 16.6. The summed E-state index contributed by atoms with van der Waals surface area (Å²) in [4.78, 5) is 37.5. The summed E-state index contributed by atoms with van der Waals surface area (Å²) >= 11 is 0. The molecule has 0 spiro atoms. The van der Waals surface area contributed by atoms with Crippen molar-refractivity contribution in [1.82, 2.24) is 0 Å². The number of ether oxygens (including phenoxy) is 3. The van der Waals surface area contributed by atoms with Crippen LogP contribution in [0.2, 0.25) is 0 Å². The molecular weight excluding hydrogens is 649 g/mol. The molecule has 0 saturated heterocycles. The monoisotopic (exact) mass is 727 g/mol. The minimum Gasteiger partial charge on any atom is -0.462 e. The number of hydrogen-bond donors (Lipinski definition) is 0. The molecule has 0 radical (unpaired) electrons. The highest BCUT2D eigenvalue weighted by Gasteiger charge is 2.19. The van der Waals surface area contributed by atoms with Gasteiger partial charge in [-0.25, -0.2) is 0 Å². The van der Waals surface area contributed by atoms with Crippen LogP contribution in [0.5, 0.6) is 0 Å². The van der Waals surface area contributed by atoms with Crippen molar-refractivity contribution >= 4 is 17.9 Å². The van der Waals surface area contributed by atoms with Gasteiger partial charge < -0.3 is 14.2 Å². The first-order valence-corrected chi connectivity index (χ1v) is 21.3. The lowest BCUT2D eigenvalue weighted by atomic mass is 10.1. The van der Waals surface area contributed by atoms with Crippen LogP contribution in [0.3, 0.4) is 0 Å². The highest BCUT2D eigenvalue weighted by Crippen LogP contribution is 2.12. The zero-order valence-corrected chi connectivity index (χ0v) is 33.8. The van der Waals surface area contributed by atoms with Crippen molar-refractivity contribution in [3.05, 3.63) is 60.8 Å². The molecule has 0 aliphatic heterocycles. The van der Waals surface area contributed by atoms with E-state index in [4.69, 9.17) is 14.2 Å². The van der Waals surface area contributed by atoms with E-state index in [1.54, 1.807) is 0 Å². The molecule has 0 aliphatic rings. The SMILES string of the molecule is CC/C=C\C/C=C\CCCCC(=O)OCC(COC(=O)CCCCCCCC/C=C\C=C/CCCCC)OC(=O)CCCCCC/C=C\CCCC. The summed E-state index contributed by atoms with van der Waals surface area (Å²) in [6, 6.07) is 0. The van der Waals surface area contributed by atoms with E-state index in [2.05, 4.69) is 81.5 Å². The second kappa shape index (κ2) is 40.9. The first kappa shape index (κ1) is 49.1. The maximum Gasteiger partial charge on any atom is 0.306 e. The van der Waals surface area contributed by atoms with Crippen molar-refractivity contribution in [2.45, 2.75) is 200 Å². The quantitative estimate of drug-likeness (QED) is 0.0208. The second-order valence-corrected chi connectivity index (χ2v) is 13.9. The molecule has 0 bridgehead atoms. The molecule has 0 saturated carbocycles. The zero-order valence-electron chi connectivity index (χ0n) is 33.8. The number of carbonyl (C=O) groups is 3. The Kier molecular flexibility index (Phi) is 38.6. The van der Waals surface area contributed by atoms with Gasteiger partial charge in [-0.2, -0.15) is 0 Å². The fourth-order valence-corrected chi connectivity index (χ4v) is 5.51. The molecule has 1 atom stereocenters. The average molecular weight is 727 g/mol. The Morgan fingerprint density at radius 2 is 0.827 bits per heavy atom. The molecule has 52 heavy (non-hydrogen) atoms. The summed E-state index contributed by atoms with van der Waals surface area (Å²) in [5.74, 6) is -0.967. The Bertz CT molecular complexity index is 975. The molecule has 0 N–H and O–H groups in total. The normalized spacial score (nSPS) is 12.6. The minimum absolute atomic E-state index is 0.0963. The first-order valence-electron chi connectivity index (χ1n) is 21.3. The van der Waals surface area contributed by atoms with Crippen LogP contribution in [0.25, 0.3) is 0 Å². The molecule has 1 unspecified atom stereocenters. The molecule has 0 aromatic rings. The van der Waals surface area contributed by atoms with Crippen molar-refractivity contribution in [3.8, 4) is 0 Å². The van der Waals surface area contributed by atoms with Gasteiger partial charge in [0.25, 0.3) is 0 Å². The van der Waals surface area contributed by atoms with Crippen LogP contribution < -0.4 is 0 Å². The van der Waals surface area contributed by atoms with E-state index < -0.39 is 6.10 Å². The van der Waals surface area contributed by atoms with E-state index in [1.165, 1.54) is 57.8 Å². The van der Waals surface area contributed by atoms with Crippen LogP contribution in [0, 0.1) is 0 Å². The van der Waals surface area contributed by atoms with Crippen molar-refractivity contribution in [2.75, 3.05) is 13.2 Å². The minimum atomic E-state index is -0.793. The average Bonchev–Trinajstić information content (AvgIpc) is 3.14. The number of hydrogen-bond acceptors (Lipinski definition) is 6. The van der Waals surface area contributed by atoms with Gasteiger partial charge in [-0.15, -0.1) is 0 Å². The van der Waals surface area contributed by atoms with Gasteiger partial charge >= 0.3 is 17.9 Å². The van der Waals surface area contributed by atoms with E-state index in [0.717, 1.165) is 96.3 Å². The molecule has 6 heteroatoms. The predicted molar refractivity (Wildman–Crippen MR) is 219 cm³/mol. The Hall–Kier alpha value is -2.89. The fraction of sp³-hybridized carbons (Fsp3) is 0.717. The van der Waals surface area contributed by atoms with Crippen LogP contribution in [0.1, 0.15) is 194 Å². The number of carbonyl (C=O) groups excluding carboxylic acids is 3. The van der Waals surface area contributed by atoms with Gasteiger partial charge in [0.1, 0.15) is 13.2 Å². The summed E-state index contributed by atoms with van der Waals surface area (Å²) in [7, 11) is 0. The first-order chi connectivity index (χ1) is 25.5. The molecule has 0 fully saturated rings. The van der Waals surface area contributed by atoms with E-state index in [0.29, 0.717) is 19.3 Å². The summed E-state index contributed by atoms with van der Waals surface area (Å²) in [5, 5.41) is 0. The van der Waals surface area contributed by atoms with Crippen molar-refractivity contribution < 1.29 is 28.6 Å². The largest absolute Gasteiger partial charge is 0.462 e. The Labute approximate surface area is 320 Å². The third-order valence-electron chi connectivity index (χ3n) is 8.75. The van der Waals surface area contributed by atoms with Gasteiger partial charge in [0.2, 0.25) is 0 Å². The molecule has 0 heterocycles. The lowest BCUT2D eigenvalue weighted by Crippen LogP contribution is -2.30. The smallest absolute Gasteiger partial charge is 0.306 e. The third kappa shape index (κ3) is 38.3. The molecule has 0 aromatic heterocycles. The highest BCUT2D eigenvalue weighted by molar-refractivity contribution is 5.71. The van der Waals surface area contributed by atoms with E-state index in [9.17, 15) is 14.4 Å². The van der Waals surface area contributed by atoms with Gasteiger partial charge in [0.15, 0.2) is 6.10 Å². The van der Waals surface area contributed by atoms with Crippen molar-refractivity contribution in [1.29, 1.82) is 0 Å². The Balaban J connectivity index is 4.41. The fourth-order valence-electron chi connectivity index (χ4n) is 5.51. The van der Waals surface area contributed by atoms with Gasteiger partial charge in [-0.1, -0.05) is 146 Å². The zero-order chi connectivity index (χ0) is 38.0. The molecular formula is C46H78O6. The van der Waals surface area contributed by atoms with Crippen LogP contribution in [0.4, 0.5) is 0 Å². The third-order valence-corrected chi connectivity index (χ3v) is 8.75. The number of esters is 3. The Morgan fingerprint density at radius 3 is 1.38 bits per heavy atom. The lowest BCUT2D eigenvalue weighted by Gasteiger charge is -2.18. The van der Waals surface area contributed by atoms with E-state index in [1.807, 2.05) is 0 Å².